The van der Waals surface area contributed by atoms with Crippen LogP contribution in [-0.4, -0.2) is 27.9 Å². The third-order valence-electron chi connectivity index (χ3n) is 6.73. The summed E-state index contributed by atoms with van der Waals surface area (Å²) in [6.07, 6.45) is -0.182. The van der Waals surface area contributed by atoms with Gasteiger partial charge in [0.05, 0.1) is 29.0 Å². The Morgan fingerprint density at radius 2 is 1.73 bits per heavy atom. The zero-order valence-corrected chi connectivity index (χ0v) is 23.2. The largest absolute Gasteiger partial charge is 0.392 e. The Kier molecular flexibility index (Phi) is 8.22. The fourth-order valence-corrected chi connectivity index (χ4v) is 6.77. The molecular weight excluding hydrogens is 540 g/mol. The summed E-state index contributed by atoms with van der Waals surface area (Å²) >= 11 is 3.39. The number of fused-ring (bicyclic) bond motifs is 1. The molecule has 4 aromatic carbocycles. The number of benzene rings is 4. The summed E-state index contributed by atoms with van der Waals surface area (Å²) in [7, 11) is 0. The molecule has 1 aliphatic rings. The van der Waals surface area contributed by atoms with Gasteiger partial charge in [0, 0.05) is 29.0 Å². The zero-order chi connectivity index (χ0) is 27.3. The predicted molar refractivity (Wildman–Crippen MR) is 160 cm³/mol. The number of hydrogen-bond donors (Lipinski definition) is 2. The molecule has 1 fully saturated rings. The van der Waals surface area contributed by atoms with Crippen LogP contribution in [0.15, 0.2) is 107 Å². The Bertz CT molecular complexity index is 1560. The van der Waals surface area contributed by atoms with Crippen LogP contribution in [0.2, 0.25) is 0 Å². The van der Waals surface area contributed by atoms with Gasteiger partial charge in [0.15, 0.2) is 10.6 Å². The number of nitrogens with zero attached hydrogens (tertiary/aromatic N) is 1. The van der Waals surface area contributed by atoms with E-state index in [0.717, 1.165) is 32.3 Å². The molecule has 1 aromatic heterocycles. The highest BCUT2D eigenvalue weighted by molar-refractivity contribution is 8.01. The molecule has 2 N–H and O–H groups in total. The number of thiazole rings is 1. The Hall–Kier alpha value is -3.53. The van der Waals surface area contributed by atoms with E-state index < -0.39 is 6.29 Å². The van der Waals surface area contributed by atoms with E-state index in [-0.39, 0.29) is 24.7 Å². The number of para-hydroxylation sites is 1. The Balaban J connectivity index is 1.21. The molecule has 6 nitrogen and oxygen atoms in total. The van der Waals surface area contributed by atoms with E-state index in [4.69, 9.17) is 14.5 Å². The van der Waals surface area contributed by atoms with E-state index >= 15 is 0 Å². The molecule has 0 aliphatic carbocycles. The van der Waals surface area contributed by atoms with Crippen LogP contribution < -0.4 is 5.32 Å². The summed E-state index contributed by atoms with van der Waals surface area (Å²) in [4.78, 5) is 17.5. The van der Waals surface area contributed by atoms with Crippen molar-refractivity contribution < 1.29 is 19.4 Å². The van der Waals surface area contributed by atoms with Gasteiger partial charge in [-0.3, -0.25) is 4.79 Å². The van der Waals surface area contributed by atoms with E-state index in [1.54, 1.807) is 35.2 Å². The van der Waals surface area contributed by atoms with Crippen LogP contribution in [0.4, 0.5) is 5.69 Å². The Morgan fingerprint density at radius 1 is 0.925 bits per heavy atom. The number of aliphatic hydroxyl groups excluding tert-OH is 1. The van der Waals surface area contributed by atoms with Crippen molar-refractivity contribution in [3.63, 3.8) is 0 Å². The summed E-state index contributed by atoms with van der Waals surface area (Å²) in [5.74, 6) is 0.560. The third kappa shape index (κ3) is 6.27. The van der Waals surface area contributed by atoms with Crippen molar-refractivity contribution in [3.05, 3.63) is 125 Å². The molecule has 1 aliphatic heterocycles. The second-order valence-electron chi connectivity index (χ2n) is 9.55. The molecule has 1 amide bonds. The highest BCUT2D eigenvalue weighted by atomic mass is 32.2. The van der Waals surface area contributed by atoms with E-state index in [1.165, 1.54) is 4.70 Å². The number of amides is 1. The van der Waals surface area contributed by atoms with E-state index in [2.05, 4.69) is 11.4 Å². The number of rotatable bonds is 8. The maximum atomic E-state index is 12.7. The number of aliphatic hydroxyl groups is 1. The summed E-state index contributed by atoms with van der Waals surface area (Å²) in [6, 6.07) is 32.8. The van der Waals surface area contributed by atoms with Crippen molar-refractivity contribution in [3.8, 4) is 0 Å². The second-order valence-corrected chi connectivity index (χ2v) is 11.9. The first-order valence-electron chi connectivity index (χ1n) is 13.1. The number of anilines is 1. The molecule has 2 heterocycles. The number of hydrogen-bond acceptors (Lipinski definition) is 7. The van der Waals surface area contributed by atoms with Crippen molar-refractivity contribution in [1.82, 2.24) is 4.98 Å². The number of aromatic nitrogens is 1. The quantitative estimate of drug-likeness (QED) is 0.190. The Labute approximate surface area is 241 Å². The van der Waals surface area contributed by atoms with Crippen LogP contribution in [0, 0.1) is 0 Å². The average Bonchev–Trinajstić information content (AvgIpc) is 3.44. The molecule has 0 unspecified atom stereocenters. The molecule has 0 bridgehead atoms. The lowest BCUT2D eigenvalue weighted by Gasteiger charge is -2.36. The minimum Gasteiger partial charge on any atom is -0.392 e. The van der Waals surface area contributed by atoms with Gasteiger partial charge in [-0.25, -0.2) is 4.98 Å². The van der Waals surface area contributed by atoms with Gasteiger partial charge in [-0.05, 0) is 47.5 Å². The monoisotopic (exact) mass is 568 g/mol. The Morgan fingerprint density at radius 3 is 2.52 bits per heavy atom. The van der Waals surface area contributed by atoms with E-state index in [0.29, 0.717) is 17.7 Å². The average molecular weight is 569 g/mol. The number of carbonyl (C=O) groups is 1. The highest BCUT2D eigenvalue weighted by Crippen LogP contribution is 2.40. The minimum atomic E-state index is -0.606. The number of thioether (sulfide) groups is 1. The normalized spacial score (nSPS) is 19.0. The summed E-state index contributed by atoms with van der Waals surface area (Å²) in [6.45, 7) is 0.000462. The second kappa shape index (κ2) is 12.3. The first-order chi connectivity index (χ1) is 19.6. The third-order valence-corrected chi connectivity index (χ3v) is 9.05. The van der Waals surface area contributed by atoms with Crippen LogP contribution >= 0.6 is 23.1 Å². The zero-order valence-electron chi connectivity index (χ0n) is 21.6. The predicted octanol–water partition coefficient (Wildman–Crippen LogP) is 7.38. The number of ether oxygens (including phenoxy) is 2. The van der Waals surface area contributed by atoms with Gasteiger partial charge in [0.2, 0.25) is 0 Å². The molecule has 6 rings (SSSR count). The topological polar surface area (TPSA) is 80.7 Å². The summed E-state index contributed by atoms with van der Waals surface area (Å²) in [5.41, 5.74) is 5.01. The summed E-state index contributed by atoms with van der Waals surface area (Å²) in [5, 5.41) is 12.5. The first kappa shape index (κ1) is 26.7. The van der Waals surface area contributed by atoms with Crippen LogP contribution in [0.25, 0.3) is 10.2 Å². The van der Waals surface area contributed by atoms with Crippen molar-refractivity contribution in [2.75, 3.05) is 11.1 Å². The number of carbonyl (C=O) groups excluding carboxylic acids is 1. The maximum absolute atomic E-state index is 12.7. The van der Waals surface area contributed by atoms with Gasteiger partial charge in [-0.2, -0.15) is 0 Å². The van der Waals surface area contributed by atoms with Crippen molar-refractivity contribution in [2.24, 2.45) is 0 Å². The molecule has 5 aromatic rings. The molecule has 0 saturated carbocycles. The lowest BCUT2D eigenvalue weighted by molar-refractivity contribution is -0.245. The van der Waals surface area contributed by atoms with Gasteiger partial charge in [-0.15, -0.1) is 11.3 Å². The van der Waals surface area contributed by atoms with Crippen molar-refractivity contribution in [2.45, 2.75) is 35.9 Å². The van der Waals surface area contributed by atoms with Crippen LogP contribution in [-0.2, 0) is 16.1 Å². The maximum Gasteiger partial charge on any atom is 0.255 e. The van der Waals surface area contributed by atoms with Gasteiger partial charge in [0.25, 0.3) is 5.91 Å². The molecule has 40 heavy (non-hydrogen) atoms. The van der Waals surface area contributed by atoms with Crippen molar-refractivity contribution in [1.29, 1.82) is 0 Å². The molecule has 3 atom stereocenters. The van der Waals surface area contributed by atoms with Gasteiger partial charge in [-0.1, -0.05) is 78.5 Å². The molecule has 202 valence electrons. The van der Waals surface area contributed by atoms with Gasteiger partial charge in [0.1, 0.15) is 0 Å². The molecular formula is C32H28N2O4S2. The van der Waals surface area contributed by atoms with Crippen molar-refractivity contribution >= 4 is 44.9 Å². The van der Waals surface area contributed by atoms with Crippen LogP contribution in [0.3, 0.4) is 0 Å². The fraction of sp³-hybridized carbons (Fsp3) is 0.188. The standard InChI is InChI=1S/C32H28N2O4S2/c35-19-21-13-15-22(16-14-21)28-18-26(20-39-32-34-27-11-4-5-12-29(27)40-32)37-31(38-28)24-9-6-10-25(17-24)33-30(36)23-7-2-1-3-8-23/h1-17,26,28,31,35H,18-20H2,(H,33,36)/t26-,28+,31+/m0/s1. The fourth-order valence-electron chi connectivity index (χ4n) is 4.66. The molecule has 0 radical (unpaired) electrons. The lowest BCUT2D eigenvalue weighted by Crippen LogP contribution is -2.31. The van der Waals surface area contributed by atoms with Crippen LogP contribution in [0.5, 0.6) is 0 Å². The SMILES string of the molecule is O=C(Nc1cccc([C@@H]2O[C@H](CSc3nc4ccccc4s3)C[C@H](c3ccc(CO)cc3)O2)c1)c1ccccc1. The van der Waals surface area contributed by atoms with Crippen LogP contribution in [0.1, 0.15) is 45.9 Å². The van der Waals surface area contributed by atoms with E-state index in [9.17, 15) is 9.90 Å². The smallest absolute Gasteiger partial charge is 0.255 e. The molecule has 0 spiro atoms. The molecule has 8 heteroatoms. The molecule has 1 saturated heterocycles. The van der Waals surface area contributed by atoms with Gasteiger partial charge < -0.3 is 19.9 Å². The lowest BCUT2D eigenvalue weighted by atomic mass is 10.0. The first-order valence-corrected chi connectivity index (χ1v) is 14.9. The van der Waals surface area contributed by atoms with Gasteiger partial charge >= 0.3 is 0 Å². The summed E-state index contributed by atoms with van der Waals surface area (Å²) < 4.78 is 15.2. The minimum absolute atomic E-state index is 0.000462. The van der Waals surface area contributed by atoms with E-state index in [1.807, 2.05) is 84.9 Å². The number of nitrogens with one attached hydrogen (secondary N) is 1. The highest BCUT2D eigenvalue weighted by Gasteiger charge is 2.32.